The molecule has 0 aliphatic rings. The van der Waals surface area contributed by atoms with E-state index in [9.17, 15) is 24.3 Å². The standard InChI is InChI=1S/C32H45N3O7/c1-21-14-15-22(2)24(18-21)27(35(16-17-36)26(37)20-33-30(40)42-32(6,7)8)28(38)34-25(29(39)41-31(3,4)5)19-23-12-10-9-11-13-23/h9-15,18,25,27,36H,16-17,19-20H2,1-8H3,(H,33,40)(H,34,38). The Morgan fingerprint density at radius 2 is 1.52 bits per heavy atom. The maximum atomic E-state index is 14.1. The van der Waals surface area contributed by atoms with Crippen molar-refractivity contribution in [3.63, 3.8) is 0 Å². The maximum absolute atomic E-state index is 14.1. The molecule has 2 atom stereocenters. The molecule has 3 N–H and O–H groups in total. The molecule has 230 valence electrons. The van der Waals surface area contributed by atoms with Crippen molar-refractivity contribution in [2.45, 2.75) is 85.1 Å². The lowest BCUT2D eigenvalue weighted by molar-refractivity contribution is -0.159. The minimum atomic E-state index is -1.22. The number of amides is 3. The number of aliphatic hydroxyl groups is 1. The summed E-state index contributed by atoms with van der Waals surface area (Å²) in [7, 11) is 0. The van der Waals surface area contributed by atoms with Crippen molar-refractivity contribution in [3.8, 4) is 0 Å². The summed E-state index contributed by atoms with van der Waals surface area (Å²) in [6.45, 7) is 12.9. The molecule has 0 fully saturated rings. The molecule has 0 aliphatic heterocycles. The maximum Gasteiger partial charge on any atom is 0.408 e. The van der Waals surface area contributed by atoms with E-state index in [-0.39, 0.29) is 13.0 Å². The van der Waals surface area contributed by atoms with Crippen LogP contribution in [0.5, 0.6) is 0 Å². The molecule has 3 amide bonds. The lowest BCUT2D eigenvalue weighted by atomic mass is 9.96. The van der Waals surface area contributed by atoms with Crippen molar-refractivity contribution >= 4 is 23.9 Å². The first-order valence-corrected chi connectivity index (χ1v) is 14.0. The zero-order valence-electron chi connectivity index (χ0n) is 25.9. The van der Waals surface area contributed by atoms with Gasteiger partial charge in [-0.25, -0.2) is 9.59 Å². The molecule has 2 rings (SSSR count). The van der Waals surface area contributed by atoms with Crippen molar-refractivity contribution in [2.75, 3.05) is 19.7 Å². The normalized spacial score (nSPS) is 13.0. The van der Waals surface area contributed by atoms with Gasteiger partial charge in [-0.15, -0.1) is 0 Å². The number of benzene rings is 2. The highest BCUT2D eigenvalue weighted by Crippen LogP contribution is 2.26. The van der Waals surface area contributed by atoms with Crippen LogP contribution in [0, 0.1) is 13.8 Å². The lowest BCUT2D eigenvalue weighted by Crippen LogP contribution is -2.53. The number of nitrogens with zero attached hydrogens (tertiary/aromatic N) is 1. The van der Waals surface area contributed by atoms with Gasteiger partial charge in [0.25, 0.3) is 0 Å². The topological polar surface area (TPSA) is 134 Å². The number of ether oxygens (including phenoxy) is 2. The number of carbonyl (C=O) groups excluding carboxylic acids is 4. The van der Waals surface area contributed by atoms with Crippen LogP contribution in [-0.4, -0.2) is 70.8 Å². The Morgan fingerprint density at radius 3 is 2.10 bits per heavy atom. The Bertz CT molecular complexity index is 1230. The molecule has 0 bridgehead atoms. The fourth-order valence-electron chi connectivity index (χ4n) is 4.24. The third-order valence-electron chi connectivity index (χ3n) is 6.02. The first kappa shape index (κ1) is 34.3. The molecule has 0 saturated heterocycles. The van der Waals surface area contributed by atoms with Crippen LogP contribution < -0.4 is 10.6 Å². The zero-order chi connectivity index (χ0) is 31.7. The minimum Gasteiger partial charge on any atom is -0.458 e. The van der Waals surface area contributed by atoms with Crippen molar-refractivity contribution in [1.29, 1.82) is 0 Å². The van der Waals surface area contributed by atoms with Gasteiger partial charge >= 0.3 is 12.1 Å². The molecule has 42 heavy (non-hydrogen) atoms. The molecule has 0 heterocycles. The number of rotatable bonds is 11. The monoisotopic (exact) mass is 583 g/mol. The molecule has 10 nitrogen and oxygen atoms in total. The number of aryl methyl sites for hydroxylation is 2. The van der Waals surface area contributed by atoms with E-state index in [1.165, 1.54) is 4.90 Å². The predicted octanol–water partition coefficient (Wildman–Crippen LogP) is 3.76. The third-order valence-corrected chi connectivity index (χ3v) is 6.02. The van der Waals surface area contributed by atoms with Crippen LogP contribution in [-0.2, 0) is 30.3 Å². The average molecular weight is 584 g/mol. The highest BCUT2D eigenvalue weighted by Gasteiger charge is 2.36. The van der Waals surface area contributed by atoms with Gasteiger partial charge in [0.15, 0.2) is 0 Å². The molecule has 2 aromatic rings. The number of aliphatic hydroxyl groups excluding tert-OH is 1. The third kappa shape index (κ3) is 11.2. The lowest BCUT2D eigenvalue weighted by Gasteiger charge is -2.33. The van der Waals surface area contributed by atoms with Crippen LogP contribution in [0.3, 0.4) is 0 Å². The fourth-order valence-corrected chi connectivity index (χ4v) is 4.24. The largest absolute Gasteiger partial charge is 0.458 e. The zero-order valence-corrected chi connectivity index (χ0v) is 25.9. The quantitative estimate of drug-likeness (QED) is 0.343. The SMILES string of the molecule is Cc1ccc(C)c(C(C(=O)NC(Cc2ccccc2)C(=O)OC(C)(C)C)N(CCO)C(=O)CNC(=O)OC(C)(C)C)c1. The highest BCUT2D eigenvalue weighted by atomic mass is 16.6. The first-order chi connectivity index (χ1) is 19.5. The van der Waals surface area contributed by atoms with Crippen molar-refractivity contribution in [3.05, 3.63) is 70.8 Å². The Balaban J connectivity index is 2.48. The van der Waals surface area contributed by atoms with Crippen LogP contribution in [0.4, 0.5) is 4.79 Å². The number of nitrogens with one attached hydrogen (secondary N) is 2. The first-order valence-electron chi connectivity index (χ1n) is 14.0. The Hall–Kier alpha value is -3.92. The van der Waals surface area contributed by atoms with E-state index in [0.717, 1.165) is 16.7 Å². The number of carbonyl (C=O) groups is 4. The number of hydrogen-bond donors (Lipinski definition) is 3. The summed E-state index contributed by atoms with van der Waals surface area (Å²) in [5, 5.41) is 15.1. The summed E-state index contributed by atoms with van der Waals surface area (Å²) in [6, 6.07) is 12.4. The van der Waals surface area contributed by atoms with Crippen LogP contribution in [0.25, 0.3) is 0 Å². The van der Waals surface area contributed by atoms with E-state index in [2.05, 4.69) is 10.6 Å². The van der Waals surface area contributed by atoms with E-state index in [1.807, 2.05) is 56.3 Å². The van der Waals surface area contributed by atoms with Crippen LogP contribution in [0.2, 0.25) is 0 Å². The van der Waals surface area contributed by atoms with Crippen molar-refractivity contribution in [2.24, 2.45) is 0 Å². The van der Waals surface area contributed by atoms with Crippen LogP contribution in [0.15, 0.2) is 48.5 Å². The fraction of sp³-hybridized carbons (Fsp3) is 0.500. The number of hydrogen-bond acceptors (Lipinski definition) is 7. The summed E-state index contributed by atoms with van der Waals surface area (Å²) in [4.78, 5) is 54.3. The number of esters is 1. The molecular formula is C32H45N3O7. The van der Waals surface area contributed by atoms with Crippen molar-refractivity contribution in [1.82, 2.24) is 15.5 Å². The van der Waals surface area contributed by atoms with Gasteiger partial charge in [0, 0.05) is 13.0 Å². The molecule has 0 aliphatic carbocycles. The van der Waals surface area contributed by atoms with Crippen LogP contribution in [0.1, 0.15) is 69.8 Å². The van der Waals surface area contributed by atoms with Crippen molar-refractivity contribution < 1.29 is 33.8 Å². The molecule has 0 radical (unpaired) electrons. The van der Waals surface area contributed by atoms with Gasteiger partial charge in [0.1, 0.15) is 29.8 Å². The van der Waals surface area contributed by atoms with Gasteiger partial charge in [-0.1, -0.05) is 54.1 Å². The molecule has 2 aromatic carbocycles. The molecule has 10 heteroatoms. The van der Waals surface area contributed by atoms with Gasteiger partial charge in [-0.2, -0.15) is 0 Å². The summed E-state index contributed by atoms with van der Waals surface area (Å²) in [6.07, 6.45) is -0.629. The Kier molecular flexibility index (Phi) is 12.1. The van der Waals surface area contributed by atoms with Gasteiger partial charge < -0.3 is 30.1 Å². The average Bonchev–Trinajstić information content (AvgIpc) is 2.87. The molecule has 0 saturated carbocycles. The summed E-state index contributed by atoms with van der Waals surface area (Å²) < 4.78 is 10.9. The van der Waals surface area contributed by atoms with Gasteiger partial charge in [-0.3, -0.25) is 9.59 Å². The van der Waals surface area contributed by atoms with E-state index in [0.29, 0.717) is 5.56 Å². The second kappa shape index (κ2) is 14.8. The summed E-state index contributed by atoms with van der Waals surface area (Å²) >= 11 is 0. The van der Waals surface area contributed by atoms with E-state index in [4.69, 9.17) is 9.47 Å². The van der Waals surface area contributed by atoms with Gasteiger partial charge in [-0.05, 0) is 72.1 Å². The molecule has 2 unspecified atom stereocenters. The van der Waals surface area contributed by atoms with E-state index >= 15 is 0 Å². The Labute approximate surface area is 248 Å². The molecular weight excluding hydrogens is 538 g/mol. The summed E-state index contributed by atoms with van der Waals surface area (Å²) in [5.74, 6) is -1.87. The van der Waals surface area contributed by atoms with Gasteiger partial charge in [0.05, 0.1) is 6.61 Å². The second-order valence-electron chi connectivity index (χ2n) is 12.2. The summed E-state index contributed by atoms with van der Waals surface area (Å²) in [5.41, 5.74) is 1.35. The van der Waals surface area contributed by atoms with Gasteiger partial charge in [0.2, 0.25) is 11.8 Å². The highest BCUT2D eigenvalue weighted by molar-refractivity contribution is 5.93. The second-order valence-corrected chi connectivity index (χ2v) is 12.2. The Morgan fingerprint density at radius 1 is 0.905 bits per heavy atom. The predicted molar refractivity (Wildman–Crippen MR) is 160 cm³/mol. The minimum absolute atomic E-state index is 0.162. The molecule has 0 spiro atoms. The van der Waals surface area contributed by atoms with E-state index in [1.54, 1.807) is 47.6 Å². The van der Waals surface area contributed by atoms with E-state index < -0.39 is 60.3 Å². The molecule has 0 aromatic heterocycles. The number of alkyl carbamates (subject to hydrolysis) is 1. The smallest absolute Gasteiger partial charge is 0.408 e. The van der Waals surface area contributed by atoms with Crippen LogP contribution >= 0.6 is 0 Å².